The van der Waals surface area contributed by atoms with E-state index >= 15 is 0 Å². The third kappa shape index (κ3) is 4.18. The molecule has 1 amide bonds. The van der Waals surface area contributed by atoms with E-state index in [-0.39, 0.29) is 11.7 Å². The summed E-state index contributed by atoms with van der Waals surface area (Å²) in [5.41, 5.74) is 3.34. The smallest absolute Gasteiger partial charge is 0.246 e. The molecule has 29 heavy (non-hydrogen) atoms. The zero-order valence-corrected chi connectivity index (χ0v) is 16.9. The maximum Gasteiger partial charge on any atom is 0.246 e. The molecule has 1 unspecified atom stereocenters. The number of hydrogen-bond donors (Lipinski definition) is 1. The number of carbonyl (C=O) groups is 1. The molecule has 3 aromatic carbocycles. The summed E-state index contributed by atoms with van der Waals surface area (Å²) in [6.45, 7) is 0. The number of halogens is 1. The van der Waals surface area contributed by atoms with Crippen molar-refractivity contribution in [3.8, 4) is 10.6 Å². The molecular formula is C23H20FN3OS. The normalized spacial score (nSPS) is 12.3. The van der Waals surface area contributed by atoms with Crippen molar-refractivity contribution in [3.63, 3.8) is 0 Å². The molecule has 0 saturated carbocycles. The first-order chi connectivity index (χ1) is 14.0. The molecular weight excluding hydrogens is 385 g/mol. The lowest BCUT2D eigenvalue weighted by molar-refractivity contribution is -0.120. The number of rotatable bonds is 5. The number of thiazole rings is 1. The van der Waals surface area contributed by atoms with Crippen LogP contribution < -0.4 is 5.32 Å². The zero-order chi connectivity index (χ0) is 20.4. The molecule has 0 radical (unpaired) electrons. The molecule has 4 aromatic rings. The Hall–Kier alpha value is -3.09. The Bertz CT molecular complexity index is 1120. The molecule has 1 heterocycles. The third-order valence-electron chi connectivity index (χ3n) is 4.62. The van der Waals surface area contributed by atoms with Crippen molar-refractivity contribution in [2.24, 2.45) is 0 Å². The maximum atomic E-state index is 13.3. The number of para-hydroxylation sites is 1. The van der Waals surface area contributed by atoms with Crippen LogP contribution >= 0.6 is 11.3 Å². The van der Waals surface area contributed by atoms with Crippen LogP contribution in [0.1, 0.15) is 11.6 Å². The van der Waals surface area contributed by atoms with E-state index in [0.717, 1.165) is 26.4 Å². The number of likely N-dealkylation sites (N-methyl/N-ethyl adjacent to an activating group) is 1. The molecule has 1 N–H and O–H groups in total. The minimum atomic E-state index is -0.526. The largest absolute Gasteiger partial charge is 0.324 e. The van der Waals surface area contributed by atoms with Crippen LogP contribution in [0, 0.1) is 5.82 Å². The summed E-state index contributed by atoms with van der Waals surface area (Å²) in [5.74, 6) is -0.502. The molecule has 0 aliphatic rings. The molecule has 4 nitrogen and oxygen atoms in total. The quantitative estimate of drug-likeness (QED) is 0.487. The molecule has 0 spiro atoms. The fourth-order valence-electron chi connectivity index (χ4n) is 3.27. The van der Waals surface area contributed by atoms with Gasteiger partial charge in [0.05, 0.1) is 10.2 Å². The van der Waals surface area contributed by atoms with Gasteiger partial charge in [-0.25, -0.2) is 9.37 Å². The fourth-order valence-corrected chi connectivity index (χ4v) is 4.23. The van der Waals surface area contributed by atoms with Gasteiger partial charge in [-0.3, -0.25) is 9.69 Å². The van der Waals surface area contributed by atoms with Crippen LogP contribution in [0.5, 0.6) is 0 Å². The van der Waals surface area contributed by atoms with Gasteiger partial charge in [-0.15, -0.1) is 11.3 Å². The van der Waals surface area contributed by atoms with Gasteiger partial charge in [0.1, 0.15) is 16.9 Å². The molecule has 0 saturated heterocycles. The predicted molar refractivity (Wildman–Crippen MR) is 117 cm³/mol. The van der Waals surface area contributed by atoms with Crippen molar-refractivity contribution in [3.05, 3.63) is 84.2 Å². The predicted octanol–water partition coefficient (Wildman–Crippen LogP) is 5.34. The standard InChI is InChI=1S/C23H20FN3OS/c1-27(2)21(15-10-12-17(24)13-11-15)22(28)25-18-7-5-6-16(14-18)23-26-19-8-3-4-9-20(19)29-23/h3-14,21H,1-2H3,(H,25,28). The lowest BCUT2D eigenvalue weighted by Gasteiger charge is -2.24. The van der Waals surface area contributed by atoms with Crippen molar-refractivity contribution in [2.75, 3.05) is 19.4 Å². The summed E-state index contributed by atoms with van der Waals surface area (Å²) >= 11 is 1.62. The van der Waals surface area contributed by atoms with Gasteiger partial charge >= 0.3 is 0 Å². The second kappa shape index (κ2) is 8.11. The Morgan fingerprint density at radius 1 is 1.03 bits per heavy atom. The van der Waals surface area contributed by atoms with E-state index in [0.29, 0.717) is 5.69 Å². The average molecular weight is 405 g/mol. The van der Waals surface area contributed by atoms with E-state index in [1.54, 1.807) is 28.4 Å². The first kappa shape index (κ1) is 19.2. The minimum absolute atomic E-state index is 0.178. The van der Waals surface area contributed by atoms with E-state index in [9.17, 15) is 9.18 Å². The van der Waals surface area contributed by atoms with Crippen LogP contribution in [0.25, 0.3) is 20.8 Å². The van der Waals surface area contributed by atoms with Crippen molar-refractivity contribution in [2.45, 2.75) is 6.04 Å². The molecule has 146 valence electrons. The molecule has 0 aliphatic heterocycles. The number of nitrogens with zero attached hydrogens (tertiary/aromatic N) is 2. The summed E-state index contributed by atoms with van der Waals surface area (Å²) in [4.78, 5) is 19.5. The Morgan fingerprint density at radius 3 is 2.52 bits per heavy atom. The molecule has 0 bridgehead atoms. The van der Waals surface area contributed by atoms with Gasteiger partial charge in [-0.2, -0.15) is 0 Å². The van der Waals surface area contributed by atoms with Gasteiger partial charge in [0, 0.05) is 11.3 Å². The second-order valence-corrected chi connectivity index (χ2v) is 8.01. The Labute approximate surface area is 172 Å². The van der Waals surface area contributed by atoms with Gasteiger partial charge in [0.15, 0.2) is 0 Å². The van der Waals surface area contributed by atoms with Crippen molar-refractivity contribution < 1.29 is 9.18 Å². The first-order valence-electron chi connectivity index (χ1n) is 9.20. The molecule has 0 aliphatic carbocycles. The van der Waals surface area contributed by atoms with Crippen LogP contribution in [0.2, 0.25) is 0 Å². The van der Waals surface area contributed by atoms with Crippen molar-refractivity contribution in [1.29, 1.82) is 0 Å². The van der Waals surface area contributed by atoms with Crippen LogP contribution in [0.3, 0.4) is 0 Å². The van der Waals surface area contributed by atoms with Gasteiger partial charge in [-0.05, 0) is 56.1 Å². The van der Waals surface area contributed by atoms with Crippen molar-refractivity contribution >= 4 is 33.1 Å². The number of anilines is 1. The van der Waals surface area contributed by atoms with Gasteiger partial charge in [-0.1, -0.05) is 36.4 Å². The number of benzene rings is 3. The van der Waals surface area contributed by atoms with E-state index in [2.05, 4.69) is 10.3 Å². The van der Waals surface area contributed by atoms with Crippen molar-refractivity contribution in [1.82, 2.24) is 9.88 Å². The highest BCUT2D eigenvalue weighted by Crippen LogP contribution is 2.31. The summed E-state index contributed by atoms with van der Waals surface area (Å²) in [7, 11) is 3.65. The lowest BCUT2D eigenvalue weighted by atomic mass is 10.0. The average Bonchev–Trinajstić information content (AvgIpc) is 3.14. The highest BCUT2D eigenvalue weighted by molar-refractivity contribution is 7.21. The van der Waals surface area contributed by atoms with E-state index < -0.39 is 6.04 Å². The topological polar surface area (TPSA) is 45.2 Å². The number of amides is 1. The van der Waals surface area contributed by atoms with Gasteiger partial charge in [0.2, 0.25) is 5.91 Å². The minimum Gasteiger partial charge on any atom is -0.324 e. The van der Waals surface area contributed by atoms with E-state index in [1.165, 1.54) is 12.1 Å². The number of hydrogen-bond acceptors (Lipinski definition) is 4. The van der Waals surface area contributed by atoms with Crippen LogP contribution in [-0.2, 0) is 4.79 Å². The Morgan fingerprint density at radius 2 is 1.79 bits per heavy atom. The van der Waals surface area contributed by atoms with E-state index in [4.69, 9.17) is 0 Å². The highest BCUT2D eigenvalue weighted by Gasteiger charge is 2.23. The number of aromatic nitrogens is 1. The van der Waals surface area contributed by atoms with Crippen LogP contribution in [0.4, 0.5) is 10.1 Å². The summed E-state index contributed by atoms with van der Waals surface area (Å²) < 4.78 is 14.4. The molecule has 1 aromatic heterocycles. The van der Waals surface area contributed by atoms with Gasteiger partial charge in [0.25, 0.3) is 0 Å². The SMILES string of the molecule is CN(C)C(C(=O)Nc1cccc(-c2nc3ccccc3s2)c1)c1ccc(F)cc1. The Kier molecular flexibility index (Phi) is 5.38. The third-order valence-corrected chi connectivity index (χ3v) is 5.71. The second-order valence-electron chi connectivity index (χ2n) is 6.97. The zero-order valence-electron chi connectivity index (χ0n) is 16.1. The Balaban J connectivity index is 1.59. The molecule has 1 atom stereocenters. The van der Waals surface area contributed by atoms with Crippen LogP contribution in [-0.4, -0.2) is 29.9 Å². The molecule has 0 fully saturated rings. The summed E-state index contributed by atoms with van der Waals surface area (Å²) in [6, 6.07) is 21.2. The number of nitrogens with one attached hydrogen (secondary N) is 1. The lowest BCUT2D eigenvalue weighted by Crippen LogP contribution is -2.32. The summed E-state index contributed by atoms with van der Waals surface area (Å²) in [5, 5.41) is 3.89. The maximum absolute atomic E-state index is 13.3. The van der Waals surface area contributed by atoms with Crippen LogP contribution in [0.15, 0.2) is 72.8 Å². The number of fused-ring (bicyclic) bond motifs is 1. The monoisotopic (exact) mass is 405 g/mol. The summed E-state index contributed by atoms with van der Waals surface area (Å²) in [6.07, 6.45) is 0. The van der Waals surface area contributed by atoms with E-state index in [1.807, 2.05) is 62.6 Å². The molecule has 4 rings (SSSR count). The number of carbonyl (C=O) groups excluding carboxylic acids is 1. The fraction of sp³-hybridized carbons (Fsp3) is 0.130. The van der Waals surface area contributed by atoms with Gasteiger partial charge < -0.3 is 5.32 Å². The molecule has 6 heteroatoms. The highest BCUT2D eigenvalue weighted by atomic mass is 32.1. The first-order valence-corrected chi connectivity index (χ1v) is 10.0.